The molecule has 2 amide bonds. The summed E-state index contributed by atoms with van der Waals surface area (Å²) in [7, 11) is -3.40. The minimum atomic E-state index is -3.40. The molecule has 2 aliphatic heterocycles. The van der Waals surface area contributed by atoms with Crippen LogP contribution in [0, 0.1) is 0 Å². The second-order valence-electron chi connectivity index (χ2n) is 8.28. The van der Waals surface area contributed by atoms with Gasteiger partial charge in [0.2, 0.25) is 0 Å². The van der Waals surface area contributed by atoms with E-state index >= 15 is 0 Å². The average molecular weight is 444 g/mol. The fraction of sp³-hybridized carbons (Fsp3) is 0.476. The monoisotopic (exact) mass is 443 g/mol. The number of sulfone groups is 1. The number of carbonyl (C=O) groups excluding carboxylic acids is 1. The highest BCUT2D eigenvalue weighted by Gasteiger charge is 2.36. The van der Waals surface area contributed by atoms with Crippen molar-refractivity contribution in [2.24, 2.45) is 0 Å². The van der Waals surface area contributed by atoms with Crippen LogP contribution in [0.2, 0.25) is 0 Å². The lowest BCUT2D eigenvalue weighted by Gasteiger charge is -2.35. The number of aryl methyl sites for hydroxylation is 1. The number of fused-ring (bicyclic) bond motifs is 1. The van der Waals surface area contributed by atoms with Crippen LogP contribution in [0.3, 0.4) is 0 Å². The van der Waals surface area contributed by atoms with E-state index in [1.54, 1.807) is 12.1 Å². The Morgan fingerprint density at radius 2 is 1.97 bits per heavy atom. The summed E-state index contributed by atoms with van der Waals surface area (Å²) >= 11 is 0. The maximum atomic E-state index is 12.7. The van der Waals surface area contributed by atoms with Gasteiger partial charge in [0, 0.05) is 30.3 Å². The minimum absolute atomic E-state index is 0.0213. The Bertz CT molecular complexity index is 1120. The van der Waals surface area contributed by atoms with Crippen molar-refractivity contribution in [3.63, 3.8) is 0 Å². The van der Waals surface area contributed by atoms with Gasteiger partial charge in [-0.05, 0) is 44.0 Å². The van der Waals surface area contributed by atoms with Crippen LogP contribution < -0.4 is 15.5 Å². The number of nitrogens with zero attached hydrogens (tertiary/aromatic N) is 3. The molecule has 0 bridgehead atoms. The van der Waals surface area contributed by atoms with Crippen LogP contribution in [-0.2, 0) is 21.0 Å². The molecule has 3 heterocycles. The van der Waals surface area contributed by atoms with E-state index < -0.39 is 9.84 Å². The van der Waals surface area contributed by atoms with Crippen LogP contribution in [0.25, 0.3) is 11.4 Å². The van der Waals surface area contributed by atoms with Crippen LogP contribution >= 0.6 is 0 Å². The fourth-order valence-corrected chi connectivity index (χ4v) is 5.57. The Morgan fingerprint density at radius 1 is 1.19 bits per heavy atom. The Labute approximate surface area is 181 Å². The highest BCUT2D eigenvalue weighted by atomic mass is 32.2. The molecule has 1 atom stereocenters. The van der Waals surface area contributed by atoms with E-state index in [4.69, 9.17) is 9.72 Å². The number of hydrogen-bond acceptors (Lipinski definition) is 7. The number of ether oxygens (including phenoxy) is 1. The molecule has 9 nitrogen and oxygen atoms in total. The Kier molecular flexibility index (Phi) is 5.05. The van der Waals surface area contributed by atoms with Crippen molar-refractivity contribution in [2.45, 2.75) is 43.2 Å². The number of rotatable bonds is 4. The molecular weight excluding hydrogens is 418 g/mol. The molecule has 1 aliphatic carbocycles. The number of nitrogens with one attached hydrogen (secondary N) is 2. The summed E-state index contributed by atoms with van der Waals surface area (Å²) in [6, 6.07) is 7.37. The number of hydrogen-bond donors (Lipinski definition) is 2. The van der Waals surface area contributed by atoms with Crippen LogP contribution in [0.4, 0.5) is 16.3 Å². The first-order valence-electron chi connectivity index (χ1n) is 10.6. The Hall–Kier alpha value is -2.72. The van der Waals surface area contributed by atoms with Gasteiger partial charge in [0.15, 0.2) is 21.5 Å². The number of anilines is 2. The summed E-state index contributed by atoms with van der Waals surface area (Å²) < 4.78 is 30.9. The number of urea groups is 1. The topological polar surface area (TPSA) is 114 Å². The van der Waals surface area contributed by atoms with Crippen molar-refractivity contribution in [3.8, 4) is 11.4 Å². The molecule has 1 aromatic carbocycles. The summed E-state index contributed by atoms with van der Waals surface area (Å²) in [6.07, 6.45) is 2.45. The molecule has 3 aliphatic rings. The van der Waals surface area contributed by atoms with E-state index in [1.165, 1.54) is 0 Å². The predicted molar refractivity (Wildman–Crippen MR) is 116 cm³/mol. The zero-order valence-corrected chi connectivity index (χ0v) is 18.1. The molecule has 1 unspecified atom stereocenters. The summed E-state index contributed by atoms with van der Waals surface area (Å²) in [5, 5.41) is 5.71. The molecule has 1 saturated heterocycles. The van der Waals surface area contributed by atoms with Crippen LogP contribution in [0.5, 0.6) is 0 Å². The van der Waals surface area contributed by atoms with Gasteiger partial charge >= 0.3 is 6.03 Å². The zero-order chi connectivity index (χ0) is 21.6. The molecule has 2 fully saturated rings. The predicted octanol–water partition coefficient (Wildman–Crippen LogP) is 1.98. The van der Waals surface area contributed by atoms with E-state index in [-0.39, 0.29) is 28.8 Å². The summed E-state index contributed by atoms with van der Waals surface area (Å²) in [5.74, 6) is 1.02. The number of carbonyl (C=O) groups is 1. The molecule has 0 spiro atoms. The molecule has 1 saturated carbocycles. The molecule has 0 radical (unpaired) electrons. The molecule has 2 aromatic rings. The lowest BCUT2D eigenvalue weighted by molar-refractivity contribution is 0.0982. The highest BCUT2D eigenvalue weighted by Crippen LogP contribution is 2.36. The third-order valence-corrected chi connectivity index (χ3v) is 7.57. The van der Waals surface area contributed by atoms with Gasteiger partial charge in [-0.3, -0.25) is 0 Å². The van der Waals surface area contributed by atoms with Crippen molar-refractivity contribution >= 4 is 27.4 Å². The molecule has 10 heteroatoms. The molecule has 164 valence electrons. The van der Waals surface area contributed by atoms with Gasteiger partial charge in [0.1, 0.15) is 4.90 Å². The van der Waals surface area contributed by atoms with Crippen molar-refractivity contribution in [2.75, 3.05) is 35.7 Å². The summed E-state index contributed by atoms with van der Waals surface area (Å²) in [6.45, 7) is 3.64. The smallest absolute Gasteiger partial charge is 0.319 e. The van der Waals surface area contributed by atoms with Gasteiger partial charge in [0.25, 0.3) is 0 Å². The summed E-state index contributed by atoms with van der Waals surface area (Å²) in [4.78, 5) is 23.5. The molecule has 1 aromatic heterocycles. The first-order valence-corrected chi connectivity index (χ1v) is 12.2. The first kappa shape index (κ1) is 20.2. The van der Waals surface area contributed by atoms with Crippen molar-refractivity contribution in [1.82, 2.24) is 15.3 Å². The molecule has 31 heavy (non-hydrogen) atoms. The lowest BCUT2D eigenvalue weighted by atomic mass is 10.1. The van der Waals surface area contributed by atoms with Gasteiger partial charge in [-0.2, -0.15) is 0 Å². The van der Waals surface area contributed by atoms with E-state index in [2.05, 4.69) is 15.6 Å². The fourth-order valence-electron chi connectivity index (χ4n) is 3.95. The lowest BCUT2D eigenvalue weighted by Crippen LogP contribution is -2.44. The standard InChI is InChI=1S/C21H25N5O4S/c1-13-12-30-10-9-26(13)20-18-17(8-11-31(18,28)29)24-19(25-20)14-2-4-15(5-3-14)22-21(27)23-16-6-7-16/h2-5,13,16H,6-12H2,1H3,(H2,22,23,27). The molecule has 5 rings (SSSR count). The van der Waals surface area contributed by atoms with Gasteiger partial charge in [-0.1, -0.05) is 0 Å². The summed E-state index contributed by atoms with van der Waals surface area (Å²) in [5.41, 5.74) is 2.01. The first-order chi connectivity index (χ1) is 14.9. The maximum absolute atomic E-state index is 12.7. The van der Waals surface area contributed by atoms with E-state index in [0.717, 1.165) is 18.4 Å². The van der Waals surface area contributed by atoms with Crippen LogP contribution in [0.15, 0.2) is 29.2 Å². The van der Waals surface area contributed by atoms with Gasteiger partial charge in [0.05, 0.1) is 30.7 Å². The van der Waals surface area contributed by atoms with Gasteiger partial charge in [-0.15, -0.1) is 0 Å². The number of morpholine rings is 1. The molecular formula is C21H25N5O4S. The van der Waals surface area contributed by atoms with Crippen molar-refractivity contribution in [3.05, 3.63) is 30.0 Å². The van der Waals surface area contributed by atoms with Crippen molar-refractivity contribution in [1.29, 1.82) is 0 Å². The van der Waals surface area contributed by atoms with Crippen LogP contribution in [-0.4, -0.2) is 62.0 Å². The third kappa shape index (κ3) is 4.09. The third-order valence-electron chi connectivity index (χ3n) is 5.79. The van der Waals surface area contributed by atoms with Gasteiger partial charge in [-0.25, -0.2) is 23.2 Å². The second-order valence-corrected chi connectivity index (χ2v) is 10.3. The maximum Gasteiger partial charge on any atom is 0.319 e. The highest BCUT2D eigenvalue weighted by molar-refractivity contribution is 7.91. The minimum Gasteiger partial charge on any atom is -0.377 e. The van der Waals surface area contributed by atoms with E-state index in [1.807, 2.05) is 24.0 Å². The van der Waals surface area contributed by atoms with Crippen LogP contribution in [0.1, 0.15) is 25.5 Å². The van der Waals surface area contributed by atoms with E-state index in [0.29, 0.717) is 49.2 Å². The number of amides is 2. The van der Waals surface area contributed by atoms with Crippen molar-refractivity contribution < 1.29 is 17.9 Å². The SMILES string of the molecule is CC1COCCN1c1nc(-c2ccc(NC(=O)NC3CC3)cc2)nc2c1S(=O)(=O)CC2. The number of benzene rings is 1. The Morgan fingerprint density at radius 3 is 2.68 bits per heavy atom. The van der Waals surface area contributed by atoms with E-state index in [9.17, 15) is 13.2 Å². The molecule has 2 N–H and O–H groups in total. The Balaban J connectivity index is 1.47. The van der Waals surface area contributed by atoms with Gasteiger partial charge < -0.3 is 20.3 Å². The normalized spacial score (nSPS) is 22.1. The largest absolute Gasteiger partial charge is 0.377 e. The zero-order valence-electron chi connectivity index (χ0n) is 17.3. The second kappa shape index (κ2) is 7.76. The quantitative estimate of drug-likeness (QED) is 0.743. The average Bonchev–Trinajstić information content (AvgIpc) is 3.50. The number of aromatic nitrogens is 2.